The molecule has 0 saturated carbocycles. The number of benzene rings is 3. The third-order valence-corrected chi connectivity index (χ3v) is 8.13. The average molecular weight is 652 g/mol. The minimum absolute atomic E-state index is 0.141. The maximum atomic E-state index is 13.2. The molecule has 3 amide bonds. The second-order valence-corrected chi connectivity index (χ2v) is 12.1. The lowest BCUT2D eigenvalue weighted by molar-refractivity contribution is -0.274. The van der Waals surface area contributed by atoms with Crippen molar-refractivity contribution in [3.8, 4) is 22.8 Å². The van der Waals surface area contributed by atoms with E-state index >= 15 is 0 Å². The summed E-state index contributed by atoms with van der Waals surface area (Å²) in [5.41, 5.74) is 5.82. The lowest BCUT2D eigenvalue weighted by atomic mass is 9.99. The van der Waals surface area contributed by atoms with Crippen molar-refractivity contribution >= 4 is 45.9 Å². The van der Waals surface area contributed by atoms with Gasteiger partial charge in [0.1, 0.15) is 12.1 Å². The van der Waals surface area contributed by atoms with Crippen molar-refractivity contribution in [2.24, 2.45) is 4.99 Å². The Labute approximate surface area is 268 Å². The molecule has 1 aliphatic heterocycles. The molecule has 5 rings (SSSR count). The SMILES string of the molecule is Cc1cc(-c2ncn(-c3ccc(OC(F)(F)F)cc3)n2)cc(C)c1NC(=O)N=C1SCC(=O)N1c1cc(N(C)C)ccc1C(C)C. The van der Waals surface area contributed by atoms with Gasteiger partial charge in [0.15, 0.2) is 11.0 Å². The van der Waals surface area contributed by atoms with Gasteiger partial charge >= 0.3 is 12.4 Å². The third-order valence-electron chi connectivity index (χ3n) is 7.21. The Morgan fingerprint density at radius 3 is 2.35 bits per heavy atom. The first-order chi connectivity index (χ1) is 21.7. The number of hydrogen-bond acceptors (Lipinski definition) is 7. The number of alkyl halides is 3. The number of rotatable bonds is 7. The van der Waals surface area contributed by atoms with E-state index in [1.54, 1.807) is 0 Å². The van der Waals surface area contributed by atoms with Gasteiger partial charge in [-0.3, -0.25) is 9.69 Å². The Hall–Kier alpha value is -4.85. The second kappa shape index (κ2) is 12.9. The van der Waals surface area contributed by atoms with Gasteiger partial charge in [0, 0.05) is 31.0 Å². The van der Waals surface area contributed by atoms with E-state index in [0.29, 0.717) is 33.6 Å². The number of aliphatic imine (C=N–C) groups is 1. The molecule has 0 atom stereocenters. The molecule has 240 valence electrons. The van der Waals surface area contributed by atoms with Crippen molar-refractivity contribution in [3.63, 3.8) is 0 Å². The molecular weight excluding hydrogens is 619 g/mol. The van der Waals surface area contributed by atoms with E-state index in [-0.39, 0.29) is 23.3 Å². The highest BCUT2D eigenvalue weighted by atomic mass is 32.2. The van der Waals surface area contributed by atoms with Crippen LogP contribution < -0.4 is 19.9 Å². The van der Waals surface area contributed by atoms with E-state index in [4.69, 9.17) is 0 Å². The topological polar surface area (TPSA) is 105 Å². The quantitative estimate of drug-likeness (QED) is 0.224. The summed E-state index contributed by atoms with van der Waals surface area (Å²) >= 11 is 1.21. The zero-order valence-electron chi connectivity index (χ0n) is 26.0. The van der Waals surface area contributed by atoms with Crippen molar-refractivity contribution in [3.05, 3.63) is 77.6 Å². The number of halogens is 3. The Morgan fingerprint density at radius 1 is 1.07 bits per heavy atom. The molecule has 0 spiro atoms. The summed E-state index contributed by atoms with van der Waals surface area (Å²) in [5.74, 6) is 0.215. The average Bonchev–Trinajstić information content (AvgIpc) is 3.61. The van der Waals surface area contributed by atoms with Crippen LogP contribution in [0.25, 0.3) is 17.1 Å². The van der Waals surface area contributed by atoms with Crippen LogP contribution in [0.3, 0.4) is 0 Å². The molecule has 10 nitrogen and oxygen atoms in total. The fourth-order valence-corrected chi connectivity index (χ4v) is 5.86. The Balaban J connectivity index is 1.35. The third kappa shape index (κ3) is 7.17. The van der Waals surface area contributed by atoms with Gasteiger partial charge in [0.05, 0.1) is 17.1 Å². The largest absolute Gasteiger partial charge is 0.573 e. The number of urea groups is 1. The van der Waals surface area contributed by atoms with Gasteiger partial charge in [-0.1, -0.05) is 31.7 Å². The van der Waals surface area contributed by atoms with E-state index in [0.717, 1.165) is 22.4 Å². The summed E-state index contributed by atoms with van der Waals surface area (Å²) < 4.78 is 42.8. The van der Waals surface area contributed by atoms with Crippen LogP contribution in [0.15, 0.2) is 65.9 Å². The number of amidine groups is 1. The van der Waals surface area contributed by atoms with E-state index in [9.17, 15) is 22.8 Å². The number of anilines is 3. The van der Waals surface area contributed by atoms with Crippen LogP contribution in [0.4, 0.5) is 35.0 Å². The summed E-state index contributed by atoms with van der Waals surface area (Å²) in [6, 6.07) is 14.2. The predicted octanol–water partition coefficient (Wildman–Crippen LogP) is 7.31. The first-order valence-corrected chi connectivity index (χ1v) is 15.2. The summed E-state index contributed by atoms with van der Waals surface area (Å²) in [6.07, 6.45) is -3.32. The van der Waals surface area contributed by atoms with Crippen molar-refractivity contribution in [1.82, 2.24) is 14.8 Å². The maximum absolute atomic E-state index is 13.2. The number of nitrogens with zero attached hydrogens (tertiary/aromatic N) is 6. The first kappa shape index (κ1) is 32.5. The molecule has 1 N–H and O–H groups in total. The highest BCUT2D eigenvalue weighted by molar-refractivity contribution is 8.15. The lowest BCUT2D eigenvalue weighted by Gasteiger charge is -2.24. The molecule has 0 radical (unpaired) electrons. The fourth-order valence-electron chi connectivity index (χ4n) is 5.01. The van der Waals surface area contributed by atoms with Gasteiger partial charge < -0.3 is 15.0 Å². The summed E-state index contributed by atoms with van der Waals surface area (Å²) in [5, 5.41) is 7.64. The van der Waals surface area contributed by atoms with Crippen LogP contribution >= 0.6 is 11.8 Å². The summed E-state index contributed by atoms with van der Waals surface area (Å²) in [6.45, 7) is 7.76. The normalized spacial score (nSPS) is 14.3. The molecule has 0 aliphatic carbocycles. The van der Waals surface area contributed by atoms with E-state index < -0.39 is 12.4 Å². The number of carbonyl (C=O) groups is 2. The smallest absolute Gasteiger partial charge is 0.406 e. The molecule has 4 aromatic rings. The summed E-state index contributed by atoms with van der Waals surface area (Å²) in [4.78, 5) is 38.4. The number of carbonyl (C=O) groups excluding carboxylic acids is 2. The molecule has 1 fully saturated rings. The molecule has 1 saturated heterocycles. The van der Waals surface area contributed by atoms with Crippen LogP contribution in [-0.4, -0.2) is 58.1 Å². The minimum Gasteiger partial charge on any atom is -0.406 e. The van der Waals surface area contributed by atoms with Crippen molar-refractivity contribution in [2.75, 3.05) is 35.0 Å². The van der Waals surface area contributed by atoms with Gasteiger partial charge in [-0.05, 0) is 85.0 Å². The van der Waals surface area contributed by atoms with Gasteiger partial charge in [0.2, 0.25) is 5.91 Å². The predicted molar refractivity (Wildman–Crippen MR) is 174 cm³/mol. The van der Waals surface area contributed by atoms with Crippen LogP contribution in [0, 0.1) is 13.8 Å². The first-order valence-electron chi connectivity index (χ1n) is 14.3. The van der Waals surface area contributed by atoms with E-state index in [1.165, 1.54) is 51.9 Å². The Morgan fingerprint density at radius 2 is 1.74 bits per heavy atom. The van der Waals surface area contributed by atoms with Crippen LogP contribution in [0.1, 0.15) is 36.5 Å². The molecule has 14 heteroatoms. The second-order valence-electron chi connectivity index (χ2n) is 11.2. The molecule has 1 aromatic heterocycles. The fraction of sp³-hybridized carbons (Fsp3) is 0.281. The van der Waals surface area contributed by atoms with Gasteiger partial charge in [-0.25, -0.2) is 14.5 Å². The highest BCUT2D eigenvalue weighted by Crippen LogP contribution is 2.36. The number of aryl methyl sites for hydroxylation is 2. The standard InChI is InChI=1S/C32H32F3N7O3S/c1-18(2)25-12-9-23(40(5)6)15-26(25)42-27(43)16-46-31(42)38-30(44)37-28-19(3)13-21(14-20(28)4)29-36-17-41(39-29)22-7-10-24(11-8-22)45-32(33,34)35/h7-15,17-18H,16H2,1-6H3,(H,37,44). The van der Waals surface area contributed by atoms with Crippen molar-refractivity contribution < 1.29 is 27.5 Å². The molecule has 0 unspecified atom stereocenters. The molecule has 2 heterocycles. The zero-order chi connectivity index (χ0) is 33.3. The highest BCUT2D eigenvalue weighted by Gasteiger charge is 2.33. The molecule has 0 bridgehead atoms. The number of hydrogen-bond donors (Lipinski definition) is 1. The number of amides is 3. The zero-order valence-corrected chi connectivity index (χ0v) is 26.8. The van der Waals surface area contributed by atoms with Gasteiger partial charge in [0.25, 0.3) is 0 Å². The van der Waals surface area contributed by atoms with Crippen molar-refractivity contribution in [2.45, 2.75) is 40.0 Å². The number of thioether (sulfide) groups is 1. The monoisotopic (exact) mass is 651 g/mol. The number of aromatic nitrogens is 3. The Kier molecular flexibility index (Phi) is 9.10. The minimum atomic E-state index is -4.78. The molecule has 46 heavy (non-hydrogen) atoms. The van der Waals surface area contributed by atoms with Crippen molar-refractivity contribution in [1.29, 1.82) is 0 Å². The molecular formula is C32H32F3N7O3S. The van der Waals surface area contributed by atoms with E-state index in [2.05, 4.69) is 39.0 Å². The van der Waals surface area contributed by atoms with Crippen LogP contribution in [0.2, 0.25) is 0 Å². The Bertz CT molecular complexity index is 1800. The van der Waals surface area contributed by atoms with Gasteiger partial charge in [-0.2, -0.15) is 4.99 Å². The van der Waals surface area contributed by atoms with Gasteiger partial charge in [-0.15, -0.1) is 18.3 Å². The molecule has 3 aromatic carbocycles. The van der Waals surface area contributed by atoms with Crippen LogP contribution in [-0.2, 0) is 4.79 Å². The lowest BCUT2D eigenvalue weighted by Crippen LogP contribution is -2.31. The number of nitrogens with one attached hydrogen (secondary N) is 1. The number of ether oxygens (including phenoxy) is 1. The maximum Gasteiger partial charge on any atom is 0.573 e. The summed E-state index contributed by atoms with van der Waals surface area (Å²) in [7, 11) is 3.85. The molecule has 1 aliphatic rings. The van der Waals surface area contributed by atoms with Crippen LogP contribution in [0.5, 0.6) is 5.75 Å². The van der Waals surface area contributed by atoms with E-state index in [1.807, 2.05) is 63.2 Å².